The molecule has 2 saturated carbocycles. The predicted molar refractivity (Wildman–Crippen MR) is 146 cm³/mol. The molecule has 1 unspecified atom stereocenters. The fraction of sp³-hybridized carbons (Fsp3) is 0.556. The smallest absolute Gasteiger partial charge is 0.407 e. The van der Waals surface area contributed by atoms with E-state index in [2.05, 4.69) is 32.0 Å². The molecule has 0 saturated heterocycles. The van der Waals surface area contributed by atoms with E-state index in [4.69, 9.17) is 27.9 Å². The fourth-order valence-corrected chi connectivity index (χ4v) is 5.88. The Balaban J connectivity index is 1.36. The van der Waals surface area contributed by atoms with Crippen LogP contribution in [0.4, 0.5) is 16.6 Å². The highest BCUT2D eigenvalue weighted by Crippen LogP contribution is 2.43. The van der Waals surface area contributed by atoms with E-state index in [9.17, 15) is 10.1 Å². The fourth-order valence-electron chi connectivity index (χ4n) is 5.50. The maximum absolute atomic E-state index is 12.4. The number of hydrogen-bond donors (Lipinski definition) is 3. The van der Waals surface area contributed by atoms with Gasteiger partial charge in [-0.3, -0.25) is 0 Å². The van der Waals surface area contributed by atoms with Crippen molar-refractivity contribution in [2.24, 2.45) is 17.8 Å². The van der Waals surface area contributed by atoms with E-state index in [-0.39, 0.29) is 12.1 Å². The number of anilines is 2. The molecule has 0 radical (unpaired) electrons. The van der Waals surface area contributed by atoms with Crippen LogP contribution in [-0.4, -0.2) is 34.2 Å². The van der Waals surface area contributed by atoms with Gasteiger partial charge in [-0.15, -0.1) is 0 Å². The van der Waals surface area contributed by atoms with E-state index < -0.39 is 5.60 Å². The molecule has 1 amide bonds. The monoisotopic (exact) mass is 544 g/mol. The van der Waals surface area contributed by atoms with E-state index >= 15 is 0 Å². The van der Waals surface area contributed by atoms with Crippen molar-refractivity contribution in [1.82, 2.24) is 15.3 Å². The number of nitrogens with zero attached hydrogens (tertiary/aromatic N) is 3. The first-order chi connectivity index (χ1) is 17.6. The summed E-state index contributed by atoms with van der Waals surface area (Å²) in [6.07, 6.45) is 6.61. The molecule has 1 aromatic carbocycles. The molecule has 1 heterocycles. The number of carbonyl (C=O) groups excluding carboxylic acids is 1. The Bertz CT molecular complexity index is 1150. The number of rotatable bonds is 7. The van der Waals surface area contributed by atoms with Crippen LogP contribution in [0.15, 0.2) is 24.4 Å². The lowest BCUT2D eigenvalue weighted by Gasteiger charge is -2.46. The van der Waals surface area contributed by atoms with E-state index in [1.165, 1.54) is 12.6 Å². The second kappa shape index (κ2) is 11.7. The second-order valence-electron chi connectivity index (χ2n) is 11.0. The van der Waals surface area contributed by atoms with Crippen molar-refractivity contribution in [2.45, 2.75) is 71.1 Å². The summed E-state index contributed by atoms with van der Waals surface area (Å²) in [7, 11) is 0. The molecule has 2 aromatic rings. The van der Waals surface area contributed by atoms with Gasteiger partial charge in [0.15, 0.2) is 0 Å². The normalized spacial score (nSPS) is 23.0. The Morgan fingerprint density at radius 3 is 2.59 bits per heavy atom. The van der Waals surface area contributed by atoms with Crippen molar-refractivity contribution in [3.8, 4) is 6.07 Å². The summed E-state index contributed by atoms with van der Waals surface area (Å²) < 4.78 is 5.51. The summed E-state index contributed by atoms with van der Waals surface area (Å²) in [5.41, 5.74) is 0.719. The Morgan fingerprint density at radius 1 is 1.19 bits per heavy atom. The largest absolute Gasteiger partial charge is 0.444 e. The summed E-state index contributed by atoms with van der Waals surface area (Å²) in [5.74, 6) is 2.19. The van der Waals surface area contributed by atoms with Crippen molar-refractivity contribution in [1.29, 1.82) is 5.26 Å². The van der Waals surface area contributed by atoms with Crippen molar-refractivity contribution in [3.05, 3.63) is 45.6 Å². The number of aromatic nitrogens is 2. The first kappa shape index (κ1) is 27.3. The molecule has 10 heteroatoms. The Hall–Kier alpha value is -2.76. The molecule has 0 spiro atoms. The van der Waals surface area contributed by atoms with Crippen LogP contribution in [0.1, 0.15) is 64.0 Å². The predicted octanol–water partition coefficient (Wildman–Crippen LogP) is 6.40. The molecule has 3 N–H and O–H groups in total. The molecule has 2 aliphatic carbocycles. The van der Waals surface area contributed by atoms with Gasteiger partial charge in [0, 0.05) is 19.1 Å². The summed E-state index contributed by atoms with van der Waals surface area (Å²) in [4.78, 5) is 21.2. The number of hydrogen-bond acceptors (Lipinski definition) is 7. The number of carbonyl (C=O) groups is 1. The molecule has 198 valence electrons. The van der Waals surface area contributed by atoms with Crippen molar-refractivity contribution < 1.29 is 9.53 Å². The van der Waals surface area contributed by atoms with Crippen LogP contribution < -0.4 is 16.0 Å². The van der Waals surface area contributed by atoms with Crippen molar-refractivity contribution in [3.63, 3.8) is 0 Å². The Kier molecular flexibility index (Phi) is 8.66. The van der Waals surface area contributed by atoms with Gasteiger partial charge in [0.05, 0.1) is 16.2 Å². The quantitative estimate of drug-likeness (QED) is 0.369. The Labute approximate surface area is 228 Å². The summed E-state index contributed by atoms with van der Waals surface area (Å²) >= 11 is 12.4. The summed E-state index contributed by atoms with van der Waals surface area (Å²) in [5, 5.41) is 20.3. The van der Waals surface area contributed by atoms with Crippen LogP contribution in [-0.2, 0) is 11.3 Å². The standard InChI is InChI=1S/C27H34Cl2N6O2/c1-27(2,3)37-26(36)34-23-17-6-4-7-18(23)11-16(10-17)13-31-24-20(12-30)15-33-25(35-24)32-14-19-8-5-9-21(28)22(19)29/h5,8-9,15-18,23H,4,6-7,10-11,13-14H2,1-3H3,(H,34,36)(H2,31,32,33,35)/t16?,17-,18+,23-. The molecule has 2 fully saturated rings. The number of alkyl carbamates (subject to hydrolysis) is 1. The third-order valence-electron chi connectivity index (χ3n) is 7.06. The SMILES string of the molecule is CC(C)(C)OC(=O)N[C@@H]1[C@@H]2CCC[C@H]1CC(CNc1nc(NCc3cccc(Cl)c3Cl)ncc1C#N)C2. The van der Waals surface area contributed by atoms with E-state index in [0.29, 0.717) is 58.2 Å². The van der Waals surface area contributed by atoms with Gasteiger partial charge in [-0.1, -0.05) is 41.8 Å². The first-order valence-corrected chi connectivity index (χ1v) is 13.6. The van der Waals surface area contributed by atoms with Crippen LogP contribution in [0.5, 0.6) is 0 Å². The lowest BCUT2D eigenvalue weighted by atomic mass is 9.64. The minimum Gasteiger partial charge on any atom is -0.444 e. The van der Waals surface area contributed by atoms with Crippen molar-refractivity contribution in [2.75, 3.05) is 17.2 Å². The third-order valence-corrected chi connectivity index (χ3v) is 7.92. The van der Waals surface area contributed by atoms with Gasteiger partial charge < -0.3 is 20.7 Å². The van der Waals surface area contributed by atoms with Crippen LogP contribution in [0.3, 0.4) is 0 Å². The van der Waals surface area contributed by atoms with E-state index in [1.54, 1.807) is 6.07 Å². The number of nitriles is 1. The molecule has 4 atom stereocenters. The zero-order valence-corrected chi connectivity index (χ0v) is 23.0. The molecule has 37 heavy (non-hydrogen) atoms. The van der Waals surface area contributed by atoms with Crippen LogP contribution in [0.2, 0.25) is 10.0 Å². The number of halogens is 2. The lowest BCUT2D eigenvalue weighted by molar-refractivity contribution is 0.0324. The molecule has 8 nitrogen and oxygen atoms in total. The van der Waals surface area contributed by atoms with E-state index in [1.807, 2.05) is 32.9 Å². The van der Waals surface area contributed by atoms with Crippen LogP contribution in [0, 0.1) is 29.1 Å². The number of fused-ring (bicyclic) bond motifs is 2. The number of nitrogens with one attached hydrogen (secondary N) is 3. The number of ether oxygens (including phenoxy) is 1. The molecule has 0 aliphatic heterocycles. The van der Waals surface area contributed by atoms with Gasteiger partial charge >= 0.3 is 6.09 Å². The van der Waals surface area contributed by atoms with Gasteiger partial charge in [0.2, 0.25) is 5.95 Å². The lowest BCUT2D eigenvalue weighted by Crippen LogP contribution is -2.52. The van der Waals surface area contributed by atoms with Gasteiger partial charge in [-0.2, -0.15) is 10.2 Å². The van der Waals surface area contributed by atoms with E-state index in [0.717, 1.165) is 31.2 Å². The summed E-state index contributed by atoms with van der Waals surface area (Å²) in [6.45, 7) is 6.75. The molecular formula is C27H34Cl2N6O2. The highest BCUT2D eigenvalue weighted by molar-refractivity contribution is 6.42. The number of benzene rings is 1. The second-order valence-corrected chi connectivity index (χ2v) is 11.8. The molecular weight excluding hydrogens is 511 g/mol. The Morgan fingerprint density at radius 2 is 1.92 bits per heavy atom. The molecule has 2 aliphatic rings. The average molecular weight is 546 g/mol. The van der Waals surface area contributed by atoms with Gasteiger partial charge in [-0.25, -0.2) is 9.78 Å². The summed E-state index contributed by atoms with van der Waals surface area (Å²) in [6, 6.07) is 7.79. The topological polar surface area (TPSA) is 112 Å². The van der Waals surface area contributed by atoms with Crippen LogP contribution in [0.25, 0.3) is 0 Å². The minimum absolute atomic E-state index is 0.155. The highest BCUT2D eigenvalue weighted by atomic mass is 35.5. The zero-order chi connectivity index (χ0) is 26.6. The number of amides is 1. The van der Waals surface area contributed by atoms with Crippen molar-refractivity contribution >= 4 is 41.1 Å². The first-order valence-electron chi connectivity index (χ1n) is 12.8. The van der Waals surface area contributed by atoms with Gasteiger partial charge in [-0.05, 0) is 75.8 Å². The average Bonchev–Trinajstić information content (AvgIpc) is 2.82. The highest BCUT2D eigenvalue weighted by Gasteiger charge is 2.41. The molecule has 2 bridgehead atoms. The zero-order valence-electron chi connectivity index (χ0n) is 21.5. The minimum atomic E-state index is -0.510. The maximum Gasteiger partial charge on any atom is 0.407 e. The van der Waals surface area contributed by atoms with Crippen LogP contribution >= 0.6 is 23.2 Å². The molecule has 4 rings (SSSR count). The third kappa shape index (κ3) is 7.18. The maximum atomic E-state index is 12.4. The van der Waals surface area contributed by atoms with Gasteiger partial charge in [0.25, 0.3) is 0 Å². The molecule has 1 aromatic heterocycles. The van der Waals surface area contributed by atoms with Gasteiger partial charge in [0.1, 0.15) is 23.1 Å².